The molecule has 0 heterocycles. The summed E-state index contributed by atoms with van der Waals surface area (Å²) in [6, 6.07) is 12.8. The van der Waals surface area contributed by atoms with E-state index in [2.05, 4.69) is 10.6 Å². The second-order valence-electron chi connectivity index (χ2n) is 4.70. The summed E-state index contributed by atoms with van der Waals surface area (Å²) in [5.74, 6) is -1.81. The molecule has 2 aromatic carbocycles. The average molecular weight is 322 g/mol. The first-order valence-corrected chi connectivity index (χ1v) is 6.66. The van der Waals surface area contributed by atoms with Gasteiger partial charge in [-0.2, -0.15) is 13.2 Å². The van der Waals surface area contributed by atoms with Crippen molar-refractivity contribution in [3.63, 3.8) is 0 Å². The number of carbonyl (C=O) groups excluding carboxylic acids is 2. The number of nitrogens with one attached hydrogen (secondary N) is 2. The Balaban J connectivity index is 1.89. The number of hydrogen-bond acceptors (Lipinski definition) is 2. The molecule has 0 radical (unpaired) electrons. The minimum absolute atomic E-state index is 0.109. The highest BCUT2D eigenvalue weighted by atomic mass is 19.4. The van der Waals surface area contributed by atoms with Crippen molar-refractivity contribution in [2.75, 3.05) is 5.32 Å². The quantitative estimate of drug-likeness (QED) is 0.854. The van der Waals surface area contributed by atoms with E-state index in [1.807, 2.05) is 6.07 Å². The van der Waals surface area contributed by atoms with Crippen LogP contribution in [-0.4, -0.2) is 11.8 Å². The molecule has 0 spiro atoms. The Morgan fingerprint density at radius 1 is 0.870 bits per heavy atom. The van der Waals surface area contributed by atoms with Gasteiger partial charge in [-0.1, -0.05) is 30.3 Å². The van der Waals surface area contributed by atoms with Crippen LogP contribution >= 0.6 is 0 Å². The third kappa shape index (κ3) is 4.84. The average Bonchev–Trinajstić information content (AvgIpc) is 2.53. The van der Waals surface area contributed by atoms with E-state index in [-0.39, 0.29) is 12.2 Å². The molecule has 0 fully saturated rings. The molecule has 0 saturated heterocycles. The number of hydrogen-bond donors (Lipinski definition) is 2. The van der Waals surface area contributed by atoms with Crippen molar-refractivity contribution in [2.24, 2.45) is 0 Å². The molecule has 0 unspecified atom stereocenters. The maximum atomic E-state index is 12.4. The highest BCUT2D eigenvalue weighted by molar-refractivity contribution is 6.39. The minimum Gasteiger partial charge on any atom is -0.344 e. The molecule has 0 bridgehead atoms. The van der Waals surface area contributed by atoms with E-state index in [0.717, 1.165) is 29.8 Å². The molecule has 7 heteroatoms. The van der Waals surface area contributed by atoms with Gasteiger partial charge in [0.15, 0.2) is 0 Å². The van der Waals surface area contributed by atoms with E-state index in [9.17, 15) is 22.8 Å². The third-order valence-corrected chi connectivity index (χ3v) is 2.97. The molecule has 23 heavy (non-hydrogen) atoms. The highest BCUT2D eigenvalue weighted by Gasteiger charge is 2.30. The molecule has 2 aromatic rings. The fraction of sp³-hybridized carbons (Fsp3) is 0.125. The van der Waals surface area contributed by atoms with Gasteiger partial charge in [-0.25, -0.2) is 0 Å². The first-order valence-electron chi connectivity index (χ1n) is 6.66. The van der Waals surface area contributed by atoms with Gasteiger partial charge >= 0.3 is 18.0 Å². The smallest absolute Gasteiger partial charge is 0.344 e. The summed E-state index contributed by atoms with van der Waals surface area (Å²) >= 11 is 0. The SMILES string of the molecule is O=C(NCc1ccccc1)C(=O)Nc1ccc(C(F)(F)F)cc1. The number of anilines is 1. The van der Waals surface area contributed by atoms with Gasteiger partial charge in [0.2, 0.25) is 0 Å². The van der Waals surface area contributed by atoms with E-state index in [4.69, 9.17) is 0 Å². The molecule has 2 N–H and O–H groups in total. The van der Waals surface area contributed by atoms with Gasteiger partial charge in [-0.05, 0) is 29.8 Å². The van der Waals surface area contributed by atoms with Crippen LogP contribution in [0.1, 0.15) is 11.1 Å². The van der Waals surface area contributed by atoms with Crippen LogP contribution in [0.4, 0.5) is 18.9 Å². The third-order valence-electron chi connectivity index (χ3n) is 2.97. The Labute approximate surface area is 130 Å². The zero-order valence-corrected chi connectivity index (χ0v) is 11.9. The van der Waals surface area contributed by atoms with Gasteiger partial charge in [-0.3, -0.25) is 9.59 Å². The van der Waals surface area contributed by atoms with Crippen molar-refractivity contribution in [2.45, 2.75) is 12.7 Å². The predicted molar refractivity (Wildman–Crippen MR) is 78.4 cm³/mol. The second kappa shape index (κ2) is 6.95. The molecule has 0 aliphatic heterocycles. The van der Waals surface area contributed by atoms with Crippen LogP contribution in [0, 0.1) is 0 Å². The number of rotatable bonds is 3. The largest absolute Gasteiger partial charge is 0.416 e. The van der Waals surface area contributed by atoms with Crippen LogP contribution in [0.3, 0.4) is 0 Å². The predicted octanol–water partition coefficient (Wildman–Crippen LogP) is 2.96. The van der Waals surface area contributed by atoms with Crippen LogP contribution in [0.5, 0.6) is 0 Å². The zero-order valence-electron chi connectivity index (χ0n) is 11.9. The van der Waals surface area contributed by atoms with Crippen LogP contribution < -0.4 is 10.6 Å². The van der Waals surface area contributed by atoms with Crippen molar-refractivity contribution in [3.8, 4) is 0 Å². The Bertz CT molecular complexity index is 683. The summed E-state index contributed by atoms with van der Waals surface area (Å²) in [7, 11) is 0. The van der Waals surface area contributed by atoms with E-state index in [0.29, 0.717) is 0 Å². The Morgan fingerprint density at radius 2 is 1.48 bits per heavy atom. The summed E-state index contributed by atoms with van der Waals surface area (Å²) in [6.07, 6.45) is -4.45. The zero-order chi connectivity index (χ0) is 16.9. The topological polar surface area (TPSA) is 58.2 Å². The van der Waals surface area contributed by atoms with Crippen LogP contribution in [0.2, 0.25) is 0 Å². The normalized spacial score (nSPS) is 10.9. The Kier molecular flexibility index (Phi) is 5.00. The molecule has 2 rings (SSSR count). The van der Waals surface area contributed by atoms with Crippen molar-refractivity contribution >= 4 is 17.5 Å². The molecule has 0 aromatic heterocycles. The van der Waals surface area contributed by atoms with Crippen LogP contribution in [0.15, 0.2) is 54.6 Å². The number of amides is 2. The molecule has 2 amide bonds. The summed E-state index contributed by atoms with van der Waals surface area (Å²) in [5.41, 5.74) is 0.102. The summed E-state index contributed by atoms with van der Waals surface area (Å²) < 4.78 is 37.3. The summed E-state index contributed by atoms with van der Waals surface area (Å²) in [6.45, 7) is 0.181. The van der Waals surface area contributed by atoms with E-state index in [1.165, 1.54) is 0 Å². The number of benzene rings is 2. The lowest BCUT2D eigenvalue weighted by atomic mass is 10.2. The van der Waals surface area contributed by atoms with Gasteiger partial charge in [0.1, 0.15) is 0 Å². The van der Waals surface area contributed by atoms with E-state index >= 15 is 0 Å². The van der Waals surface area contributed by atoms with Gasteiger partial charge in [-0.15, -0.1) is 0 Å². The summed E-state index contributed by atoms with van der Waals surface area (Å²) in [5, 5.41) is 4.66. The maximum absolute atomic E-state index is 12.4. The maximum Gasteiger partial charge on any atom is 0.416 e. The number of halogens is 3. The van der Waals surface area contributed by atoms with Crippen LogP contribution in [-0.2, 0) is 22.3 Å². The molecule has 0 aliphatic carbocycles. The molecule has 0 atom stereocenters. The molecular weight excluding hydrogens is 309 g/mol. The number of carbonyl (C=O) groups is 2. The lowest BCUT2D eigenvalue weighted by molar-refractivity contribution is -0.137. The van der Waals surface area contributed by atoms with Crippen LogP contribution in [0.25, 0.3) is 0 Å². The standard InChI is InChI=1S/C16H13F3N2O2/c17-16(18,19)12-6-8-13(9-7-12)21-15(23)14(22)20-10-11-4-2-1-3-5-11/h1-9H,10H2,(H,20,22)(H,21,23). The molecule has 120 valence electrons. The molecular formula is C16H13F3N2O2. The van der Waals surface area contributed by atoms with E-state index in [1.54, 1.807) is 24.3 Å². The number of alkyl halides is 3. The first-order chi connectivity index (χ1) is 10.9. The monoisotopic (exact) mass is 322 g/mol. The molecule has 4 nitrogen and oxygen atoms in total. The van der Waals surface area contributed by atoms with Crippen molar-refractivity contribution in [3.05, 3.63) is 65.7 Å². The van der Waals surface area contributed by atoms with Gasteiger partial charge < -0.3 is 10.6 Å². The second-order valence-corrected chi connectivity index (χ2v) is 4.70. The molecule has 0 aliphatic rings. The first kappa shape index (κ1) is 16.5. The van der Waals surface area contributed by atoms with Crippen molar-refractivity contribution in [1.82, 2.24) is 5.32 Å². The fourth-order valence-electron chi connectivity index (χ4n) is 1.79. The fourth-order valence-corrected chi connectivity index (χ4v) is 1.79. The molecule has 0 saturated carbocycles. The van der Waals surface area contributed by atoms with Crippen molar-refractivity contribution in [1.29, 1.82) is 0 Å². The lowest BCUT2D eigenvalue weighted by Gasteiger charge is -2.09. The van der Waals surface area contributed by atoms with Gasteiger partial charge in [0, 0.05) is 12.2 Å². The summed E-state index contributed by atoms with van der Waals surface area (Å²) in [4.78, 5) is 23.3. The van der Waals surface area contributed by atoms with E-state index < -0.39 is 23.6 Å². The minimum atomic E-state index is -4.45. The lowest BCUT2D eigenvalue weighted by Crippen LogP contribution is -2.34. The highest BCUT2D eigenvalue weighted by Crippen LogP contribution is 2.29. The van der Waals surface area contributed by atoms with Gasteiger partial charge in [0.05, 0.1) is 5.56 Å². The van der Waals surface area contributed by atoms with Crippen molar-refractivity contribution < 1.29 is 22.8 Å². The Morgan fingerprint density at radius 3 is 2.04 bits per heavy atom. The van der Waals surface area contributed by atoms with Gasteiger partial charge in [0.25, 0.3) is 0 Å². The Hall–Kier alpha value is -2.83.